The fourth-order valence-electron chi connectivity index (χ4n) is 2.37. The summed E-state index contributed by atoms with van der Waals surface area (Å²) in [5.74, 6) is 0. The van der Waals surface area contributed by atoms with Crippen molar-refractivity contribution in [3.63, 3.8) is 0 Å². The zero-order valence-electron chi connectivity index (χ0n) is 11.9. The molecule has 1 unspecified atom stereocenters. The predicted molar refractivity (Wildman–Crippen MR) is 82.4 cm³/mol. The van der Waals surface area contributed by atoms with Crippen LogP contribution in [-0.4, -0.2) is 6.54 Å². The van der Waals surface area contributed by atoms with E-state index >= 15 is 0 Å². The van der Waals surface area contributed by atoms with E-state index in [1.165, 1.54) is 16.7 Å². The lowest BCUT2D eigenvalue weighted by molar-refractivity contribution is 0.528. The van der Waals surface area contributed by atoms with Crippen LogP contribution in [0, 0.1) is 6.92 Å². The molecular formula is C18H23N. The van der Waals surface area contributed by atoms with E-state index in [4.69, 9.17) is 0 Å². The summed E-state index contributed by atoms with van der Waals surface area (Å²) in [6.07, 6.45) is 2.22. The van der Waals surface area contributed by atoms with Crippen molar-refractivity contribution >= 4 is 0 Å². The third kappa shape index (κ3) is 3.93. The molecule has 2 rings (SSSR count). The van der Waals surface area contributed by atoms with Gasteiger partial charge in [-0.1, -0.05) is 61.5 Å². The molecule has 1 heteroatoms. The molecule has 0 saturated heterocycles. The summed E-state index contributed by atoms with van der Waals surface area (Å²) in [7, 11) is 0. The highest BCUT2D eigenvalue weighted by Gasteiger charge is 2.11. The molecule has 0 saturated carbocycles. The molecule has 1 atom stereocenters. The minimum absolute atomic E-state index is 0.405. The van der Waals surface area contributed by atoms with Crippen molar-refractivity contribution in [2.75, 3.05) is 6.54 Å². The fourth-order valence-corrected chi connectivity index (χ4v) is 2.37. The molecule has 0 aliphatic rings. The summed E-state index contributed by atoms with van der Waals surface area (Å²) < 4.78 is 0. The molecule has 0 spiro atoms. The van der Waals surface area contributed by atoms with Gasteiger partial charge in [-0.3, -0.25) is 0 Å². The highest BCUT2D eigenvalue weighted by molar-refractivity contribution is 5.29. The second-order valence-electron chi connectivity index (χ2n) is 5.05. The topological polar surface area (TPSA) is 12.0 Å². The van der Waals surface area contributed by atoms with Crippen molar-refractivity contribution in [1.29, 1.82) is 0 Å². The molecule has 2 aromatic rings. The van der Waals surface area contributed by atoms with Gasteiger partial charge in [0.05, 0.1) is 0 Å². The average Bonchev–Trinajstić information content (AvgIpc) is 2.46. The van der Waals surface area contributed by atoms with E-state index in [1.807, 2.05) is 0 Å². The first-order chi connectivity index (χ1) is 9.31. The van der Waals surface area contributed by atoms with Gasteiger partial charge >= 0.3 is 0 Å². The summed E-state index contributed by atoms with van der Waals surface area (Å²) in [4.78, 5) is 0. The van der Waals surface area contributed by atoms with Gasteiger partial charge in [-0.25, -0.2) is 0 Å². The number of aryl methyl sites for hydroxylation is 1. The van der Waals surface area contributed by atoms with Gasteiger partial charge < -0.3 is 5.32 Å². The van der Waals surface area contributed by atoms with Crippen molar-refractivity contribution in [3.05, 3.63) is 71.3 Å². The van der Waals surface area contributed by atoms with E-state index in [1.54, 1.807) is 0 Å². The molecule has 2 aromatic carbocycles. The average molecular weight is 253 g/mol. The second-order valence-corrected chi connectivity index (χ2v) is 5.05. The normalized spacial score (nSPS) is 12.3. The van der Waals surface area contributed by atoms with Gasteiger partial charge in [0.1, 0.15) is 0 Å². The van der Waals surface area contributed by atoms with Crippen molar-refractivity contribution in [1.82, 2.24) is 5.32 Å². The largest absolute Gasteiger partial charge is 0.310 e. The monoisotopic (exact) mass is 253 g/mol. The van der Waals surface area contributed by atoms with Gasteiger partial charge in [-0.2, -0.15) is 0 Å². The lowest BCUT2D eigenvalue weighted by Gasteiger charge is -2.20. The molecule has 0 aromatic heterocycles. The van der Waals surface area contributed by atoms with Crippen molar-refractivity contribution < 1.29 is 0 Å². The molecule has 0 aliphatic heterocycles. The fraction of sp³-hybridized carbons (Fsp3) is 0.333. The predicted octanol–water partition coefficient (Wildman–Crippen LogP) is 4.28. The maximum Gasteiger partial charge on any atom is 0.0360 e. The summed E-state index contributed by atoms with van der Waals surface area (Å²) in [5.41, 5.74) is 4.18. The molecule has 19 heavy (non-hydrogen) atoms. The molecule has 0 amide bonds. The van der Waals surface area contributed by atoms with Crippen molar-refractivity contribution in [2.45, 2.75) is 32.7 Å². The van der Waals surface area contributed by atoms with E-state index < -0.39 is 0 Å². The lowest BCUT2D eigenvalue weighted by Crippen LogP contribution is -2.24. The Morgan fingerprint density at radius 1 is 0.947 bits per heavy atom. The van der Waals surface area contributed by atoms with Crippen LogP contribution >= 0.6 is 0 Å². The van der Waals surface area contributed by atoms with Gasteiger partial charge in [0.15, 0.2) is 0 Å². The van der Waals surface area contributed by atoms with Crippen LogP contribution in [0.5, 0.6) is 0 Å². The minimum Gasteiger partial charge on any atom is -0.310 e. The van der Waals surface area contributed by atoms with Gasteiger partial charge in [-0.15, -0.1) is 0 Å². The number of hydrogen-bond donors (Lipinski definition) is 1. The molecule has 0 heterocycles. The summed E-state index contributed by atoms with van der Waals surface area (Å²) in [5, 5.41) is 3.66. The highest BCUT2D eigenvalue weighted by atomic mass is 14.9. The third-order valence-electron chi connectivity index (χ3n) is 3.53. The first-order valence-electron chi connectivity index (χ1n) is 7.14. The first kappa shape index (κ1) is 13.8. The van der Waals surface area contributed by atoms with Gasteiger partial charge in [0.2, 0.25) is 0 Å². The van der Waals surface area contributed by atoms with E-state index in [0.717, 1.165) is 19.4 Å². The Bertz CT molecular complexity index is 490. The Hall–Kier alpha value is -1.60. The SMILES string of the molecule is CCCNC(Cc1ccccc1C)c1ccccc1. The molecule has 1 nitrogen and oxygen atoms in total. The summed E-state index contributed by atoms with van der Waals surface area (Å²) in [6.45, 7) is 5.46. The zero-order chi connectivity index (χ0) is 13.5. The van der Waals surface area contributed by atoms with Gasteiger partial charge in [0, 0.05) is 6.04 Å². The summed E-state index contributed by atoms with van der Waals surface area (Å²) >= 11 is 0. The molecule has 0 bridgehead atoms. The second kappa shape index (κ2) is 7.10. The number of nitrogens with one attached hydrogen (secondary N) is 1. The zero-order valence-corrected chi connectivity index (χ0v) is 11.9. The van der Waals surface area contributed by atoms with Crippen LogP contribution in [0.15, 0.2) is 54.6 Å². The molecular weight excluding hydrogens is 230 g/mol. The Kier molecular flexibility index (Phi) is 5.17. The minimum atomic E-state index is 0.405. The lowest BCUT2D eigenvalue weighted by atomic mass is 9.96. The van der Waals surface area contributed by atoms with Crippen LogP contribution in [0.1, 0.15) is 36.1 Å². The highest BCUT2D eigenvalue weighted by Crippen LogP contribution is 2.20. The van der Waals surface area contributed by atoms with Crippen LogP contribution in [0.4, 0.5) is 0 Å². The number of rotatable bonds is 6. The van der Waals surface area contributed by atoms with Crippen molar-refractivity contribution in [2.24, 2.45) is 0 Å². The third-order valence-corrected chi connectivity index (χ3v) is 3.53. The number of hydrogen-bond acceptors (Lipinski definition) is 1. The smallest absolute Gasteiger partial charge is 0.0360 e. The van der Waals surface area contributed by atoms with E-state index in [2.05, 4.69) is 73.8 Å². The van der Waals surface area contributed by atoms with Crippen LogP contribution < -0.4 is 5.32 Å². The van der Waals surface area contributed by atoms with Crippen LogP contribution in [0.2, 0.25) is 0 Å². The van der Waals surface area contributed by atoms with Crippen LogP contribution in [0.25, 0.3) is 0 Å². The van der Waals surface area contributed by atoms with E-state index in [-0.39, 0.29) is 0 Å². The van der Waals surface area contributed by atoms with Gasteiger partial charge in [-0.05, 0) is 43.0 Å². The van der Waals surface area contributed by atoms with E-state index in [0.29, 0.717) is 6.04 Å². The molecule has 100 valence electrons. The van der Waals surface area contributed by atoms with Gasteiger partial charge in [0.25, 0.3) is 0 Å². The van der Waals surface area contributed by atoms with Crippen LogP contribution in [0.3, 0.4) is 0 Å². The Morgan fingerprint density at radius 2 is 1.63 bits per heavy atom. The molecule has 0 radical (unpaired) electrons. The molecule has 0 aliphatic carbocycles. The standard InChI is InChI=1S/C18H23N/c1-3-13-19-18(16-10-5-4-6-11-16)14-17-12-8-7-9-15(17)2/h4-12,18-19H,3,13-14H2,1-2H3. The quantitative estimate of drug-likeness (QED) is 0.810. The van der Waals surface area contributed by atoms with Crippen LogP contribution in [-0.2, 0) is 6.42 Å². The molecule has 1 N–H and O–H groups in total. The Labute approximate surface area is 116 Å². The number of benzene rings is 2. The Morgan fingerprint density at radius 3 is 2.32 bits per heavy atom. The Balaban J connectivity index is 2.17. The maximum atomic E-state index is 3.66. The molecule has 0 fully saturated rings. The first-order valence-corrected chi connectivity index (χ1v) is 7.14. The van der Waals surface area contributed by atoms with E-state index in [9.17, 15) is 0 Å². The maximum absolute atomic E-state index is 3.66. The summed E-state index contributed by atoms with van der Waals surface area (Å²) in [6, 6.07) is 19.8. The van der Waals surface area contributed by atoms with Crippen molar-refractivity contribution in [3.8, 4) is 0 Å².